The number of carbonyl (C=O) groups excluding carboxylic acids is 1. The summed E-state index contributed by atoms with van der Waals surface area (Å²) >= 11 is 0. The SMILES string of the molecule is O=C(c1cccc(-n2cccc2)c1)N1CCN(c2ccccc2F)CC1. The van der Waals surface area contributed by atoms with E-state index in [1.54, 1.807) is 12.1 Å². The second kappa shape index (κ2) is 7.04. The summed E-state index contributed by atoms with van der Waals surface area (Å²) < 4.78 is 15.9. The predicted octanol–water partition coefficient (Wildman–Crippen LogP) is 3.58. The molecule has 3 aromatic rings. The van der Waals surface area contributed by atoms with Crippen LogP contribution < -0.4 is 4.90 Å². The van der Waals surface area contributed by atoms with Crippen LogP contribution in [0.15, 0.2) is 73.1 Å². The summed E-state index contributed by atoms with van der Waals surface area (Å²) in [6, 6.07) is 18.3. The van der Waals surface area contributed by atoms with Crippen LogP contribution in [0.2, 0.25) is 0 Å². The molecular weight excluding hydrogens is 329 g/mol. The first kappa shape index (κ1) is 16.4. The topological polar surface area (TPSA) is 28.5 Å². The molecule has 4 nitrogen and oxygen atoms in total. The van der Waals surface area contributed by atoms with Crippen LogP contribution in [-0.2, 0) is 0 Å². The van der Waals surface area contributed by atoms with Crippen molar-refractivity contribution in [3.8, 4) is 5.69 Å². The Labute approximate surface area is 152 Å². The van der Waals surface area contributed by atoms with Crippen molar-refractivity contribution in [1.29, 1.82) is 0 Å². The van der Waals surface area contributed by atoms with Crippen molar-refractivity contribution >= 4 is 11.6 Å². The van der Waals surface area contributed by atoms with Gasteiger partial charge in [0.25, 0.3) is 5.91 Å². The van der Waals surface area contributed by atoms with E-state index in [0.29, 0.717) is 37.4 Å². The fourth-order valence-corrected chi connectivity index (χ4v) is 3.35. The zero-order chi connectivity index (χ0) is 17.9. The van der Waals surface area contributed by atoms with E-state index in [1.165, 1.54) is 6.07 Å². The lowest BCUT2D eigenvalue weighted by molar-refractivity contribution is 0.0746. The van der Waals surface area contributed by atoms with E-state index in [1.807, 2.05) is 69.2 Å². The number of para-hydroxylation sites is 1. The Hall–Kier alpha value is -3.08. The molecule has 0 radical (unpaired) electrons. The number of benzene rings is 2. The van der Waals surface area contributed by atoms with Crippen LogP contribution in [0.1, 0.15) is 10.4 Å². The van der Waals surface area contributed by atoms with Crippen LogP contribution in [-0.4, -0.2) is 41.6 Å². The number of nitrogens with zero attached hydrogens (tertiary/aromatic N) is 3. The third-order valence-electron chi connectivity index (χ3n) is 4.76. The Morgan fingerprint density at radius 1 is 0.846 bits per heavy atom. The van der Waals surface area contributed by atoms with Crippen LogP contribution in [0.25, 0.3) is 5.69 Å². The standard InChI is InChI=1S/C21H20FN3O/c22-19-8-1-2-9-20(19)24-12-14-25(15-13-24)21(26)17-6-5-7-18(16-17)23-10-3-4-11-23/h1-11,16H,12-15H2. The number of carbonyl (C=O) groups is 1. The van der Waals surface area contributed by atoms with E-state index in [2.05, 4.69) is 0 Å². The first-order valence-electron chi connectivity index (χ1n) is 8.74. The molecule has 1 aliphatic heterocycles. The minimum absolute atomic E-state index is 0.0205. The molecule has 5 heteroatoms. The minimum atomic E-state index is -0.216. The maximum absolute atomic E-state index is 13.9. The molecule has 1 fully saturated rings. The smallest absolute Gasteiger partial charge is 0.254 e. The summed E-state index contributed by atoms with van der Waals surface area (Å²) in [5, 5.41) is 0. The van der Waals surface area contributed by atoms with Crippen molar-refractivity contribution in [3.05, 3.63) is 84.4 Å². The van der Waals surface area contributed by atoms with Crippen molar-refractivity contribution in [2.75, 3.05) is 31.1 Å². The lowest BCUT2D eigenvalue weighted by Gasteiger charge is -2.36. The third kappa shape index (κ3) is 3.20. The van der Waals surface area contributed by atoms with Gasteiger partial charge in [0.2, 0.25) is 0 Å². The van der Waals surface area contributed by atoms with Crippen molar-refractivity contribution < 1.29 is 9.18 Å². The number of rotatable bonds is 3. The minimum Gasteiger partial charge on any atom is -0.366 e. The molecule has 0 unspecified atom stereocenters. The van der Waals surface area contributed by atoms with E-state index in [-0.39, 0.29) is 11.7 Å². The van der Waals surface area contributed by atoms with Gasteiger partial charge in [0.05, 0.1) is 5.69 Å². The molecule has 4 rings (SSSR count). The summed E-state index contributed by atoms with van der Waals surface area (Å²) in [5.41, 5.74) is 2.25. The van der Waals surface area contributed by atoms with E-state index in [9.17, 15) is 9.18 Å². The Morgan fingerprint density at radius 2 is 1.58 bits per heavy atom. The molecule has 0 atom stereocenters. The fourth-order valence-electron chi connectivity index (χ4n) is 3.35. The van der Waals surface area contributed by atoms with Gasteiger partial charge in [-0.15, -0.1) is 0 Å². The van der Waals surface area contributed by atoms with Crippen molar-refractivity contribution in [3.63, 3.8) is 0 Å². The molecule has 0 bridgehead atoms. The molecule has 0 spiro atoms. The molecule has 1 saturated heterocycles. The highest BCUT2D eigenvalue weighted by atomic mass is 19.1. The average molecular weight is 349 g/mol. The first-order chi connectivity index (χ1) is 12.7. The molecular formula is C21H20FN3O. The van der Waals surface area contributed by atoms with Gasteiger partial charge < -0.3 is 14.4 Å². The van der Waals surface area contributed by atoms with Crippen LogP contribution >= 0.6 is 0 Å². The summed E-state index contributed by atoms with van der Waals surface area (Å²) in [5.74, 6) is -0.195. The van der Waals surface area contributed by atoms with Gasteiger partial charge in [0.1, 0.15) is 5.82 Å². The number of hydrogen-bond donors (Lipinski definition) is 0. The molecule has 0 N–H and O–H groups in total. The highest BCUT2D eigenvalue weighted by Crippen LogP contribution is 2.21. The quantitative estimate of drug-likeness (QED) is 0.723. The Balaban J connectivity index is 1.46. The van der Waals surface area contributed by atoms with Crippen molar-refractivity contribution in [2.24, 2.45) is 0 Å². The second-order valence-corrected chi connectivity index (χ2v) is 6.37. The number of amides is 1. The van der Waals surface area contributed by atoms with Gasteiger partial charge in [0.15, 0.2) is 0 Å². The lowest BCUT2D eigenvalue weighted by atomic mass is 10.1. The van der Waals surface area contributed by atoms with Gasteiger partial charge in [-0.25, -0.2) is 4.39 Å². The molecule has 132 valence electrons. The van der Waals surface area contributed by atoms with Crippen LogP contribution in [0.3, 0.4) is 0 Å². The monoisotopic (exact) mass is 349 g/mol. The average Bonchev–Trinajstić information content (AvgIpc) is 3.23. The highest BCUT2D eigenvalue weighted by Gasteiger charge is 2.23. The molecule has 2 aromatic carbocycles. The van der Waals surface area contributed by atoms with Gasteiger partial charge >= 0.3 is 0 Å². The van der Waals surface area contributed by atoms with Gasteiger partial charge in [-0.3, -0.25) is 4.79 Å². The third-order valence-corrected chi connectivity index (χ3v) is 4.76. The molecule has 1 amide bonds. The molecule has 26 heavy (non-hydrogen) atoms. The summed E-state index contributed by atoms with van der Waals surface area (Å²) in [6.07, 6.45) is 3.91. The fraction of sp³-hybridized carbons (Fsp3) is 0.190. The van der Waals surface area contributed by atoms with E-state index < -0.39 is 0 Å². The lowest BCUT2D eigenvalue weighted by Crippen LogP contribution is -2.49. The predicted molar refractivity (Wildman–Crippen MR) is 100 cm³/mol. The Morgan fingerprint density at radius 3 is 2.31 bits per heavy atom. The van der Waals surface area contributed by atoms with E-state index in [4.69, 9.17) is 0 Å². The highest BCUT2D eigenvalue weighted by molar-refractivity contribution is 5.95. The number of anilines is 1. The zero-order valence-electron chi connectivity index (χ0n) is 14.4. The van der Waals surface area contributed by atoms with Crippen LogP contribution in [0.5, 0.6) is 0 Å². The normalized spacial score (nSPS) is 14.5. The largest absolute Gasteiger partial charge is 0.366 e. The van der Waals surface area contributed by atoms with E-state index in [0.717, 1.165) is 5.69 Å². The van der Waals surface area contributed by atoms with Gasteiger partial charge in [-0.1, -0.05) is 18.2 Å². The van der Waals surface area contributed by atoms with Gasteiger partial charge in [-0.05, 0) is 42.5 Å². The number of halogens is 1. The van der Waals surface area contributed by atoms with E-state index >= 15 is 0 Å². The summed E-state index contributed by atoms with van der Waals surface area (Å²) in [4.78, 5) is 16.7. The Bertz CT molecular complexity index is 899. The second-order valence-electron chi connectivity index (χ2n) is 6.37. The number of aromatic nitrogens is 1. The van der Waals surface area contributed by atoms with Crippen LogP contribution in [0, 0.1) is 5.82 Å². The molecule has 0 aliphatic carbocycles. The van der Waals surface area contributed by atoms with Gasteiger partial charge in [-0.2, -0.15) is 0 Å². The summed E-state index contributed by atoms with van der Waals surface area (Å²) in [7, 11) is 0. The zero-order valence-corrected chi connectivity index (χ0v) is 14.4. The first-order valence-corrected chi connectivity index (χ1v) is 8.74. The van der Waals surface area contributed by atoms with Crippen molar-refractivity contribution in [1.82, 2.24) is 9.47 Å². The molecule has 1 aromatic heterocycles. The maximum Gasteiger partial charge on any atom is 0.254 e. The molecule has 1 aliphatic rings. The Kier molecular flexibility index (Phi) is 4.44. The van der Waals surface area contributed by atoms with Gasteiger partial charge in [0, 0.05) is 49.8 Å². The number of piperazine rings is 1. The molecule has 2 heterocycles. The van der Waals surface area contributed by atoms with Crippen molar-refractivity contribution in [2.45, 2.75) is 0 Å². The maximum atomic E-state index is 13.9. The van der Waals surface area contributed by atoms with Crippen LogP contribution in [0.4, 0.5) is 10.1 Å². The molecule has 0 saturated carbocycles. The summed E-state index contributed by atoms with van der Waals surface area (Å²) in [6.45, 7) is 2.43. The number of hydrogen-bond acceptors (Lipinski definition) is 2.